The molecular formula is C15H21NO6. The lowest BCUT2D eigenvalue weighted by molar-refractivity contribution is -0.244. The van der Waals surface area contributed by atoms with E-state index in [9.17, 15) is 20.1 Å². The summed E-state index contributed by atoms with van der Waals surface area (Å²) in [5.74, 6) is 0.103. The normalized spacial score (nSPS) is 31.6. The van der Waals surface area contributed by atoms with Crippen LogP contribution < -0.4 is 10.1 Å². The van der Waals surface area contributed by atoms with Gasteiger partial charge in [0.25, 0.3) is 0 Å². The van der Waals surface area contributed by atoms with E-state index in [-0.39, 0.29) is 5.91 Å². The first-order valence-corrected chi connectivity index (χ1v) is 7.05. The largest absolute Gasteiger partial charge is 0.463 e. The van der Waals surface area contributed by atoms with Gasteiger partial charge in [-0.25, -0.2) is 0 Å². The van der Waals surface area contributed by atoms with E-state index in [4.69, 9.17) is 9.47 Å². The van der Waals surface area contributed by atoms with Crippen molar-refractivity contribution in [1.29, 1.82) is 0 Å². The molecule has 7 nitrogen and oxygen atoms in total. The standard InChI is InChI=1S/C15H21NO6/c1-8-3-5-10(6-4-8)21-15-12(16-9(2)18)14(20)13(19)11(7-17)22-15/h3-6,11-15,17,19-20H,7H2,1-2H3,(H,16,18)/t11-,12+,13-,14-,15-/m1/s1. The van der Waals surface area contributed by atoms with E-state index in [0.29, 0.717) is 5.75 Å². The Hall–Kier alpha value is -1.67. The topological polar surface area (TPSA) is 108 Å². The Morgan fingerprint density at radius 2 is 1.91 bits per heavy atom. The lowest BCUT2D eigenvalue weighted by Crippen LogP contribution is -2.65. The van der Waals surface area contributed by atoms with Crippen LogP contribution in [0.1, 0.15) is 12.5 Å². The Labute approximate surface area is 128 Å². The zero-order valence-electron chi connectivity index (χ0n) is 12.5. The molecule has 1 amide bonds. The van der Waals surface area contributed by atoms with Crippen molar-refractivity contribution < 1.29 is 29.6 Å². The summed E-state index contributed by atoms with van der Waals surface area (Å²) in [6.45, 7) is 2.75. The molecular weight excluding hydrogens is 290 g/mol. The van der Waals surface area contributed by atoms with E-state index in [0.717, 1.165) is 5.56 Å². The van der Waals surface area contributed by atoms with E-state index < -0.39 is 37.3 Å². The predicted molar refractivity (Wildman–Crippen MR) is 77.2 cm³/mol. The molecule has 4 N–H and O–H groups in total. The van der Waals surface area contributed by atoms with E-state index in [1.54, 1.807) is 12.1 Å². The van der Waals surface area contributed by atoms with Crippen LogP contribution in [-0.4, -0.2) is 58.5 Å². The molecule has 0 aliphatic carbocycles. The maximum atomic E-state index is 11.3. The fourth-order valence-electron chi connectivity index (χ4n) is 2.32. The molecule has 1 saturated heterocycles. The number of nitrogens with one attached hydrogen (secondary N) is 1. The van der Waals surface area contributed by atoms with Crippen LogP contribution in [0.4, 0.5) is 0 Å². The molecule has 1 aromatic carbocycles. The van der Waals surface area contributed by atoms with Crippen LogP contribution in [0.3, 0.4) is 0 Å². The van der Waals surface area contributed by atoms with Gasteiger partial charge in [0.05, 0.1) is 6.61 Å². The average molecular weight is 311 g/mol. The van der Waals surface area contributed by atoms with Crippen molar-refractivity contribution in [2.45, 2.75) is 44.5 Å². The second-order valence-electron chi connectivity index (χ2n) is 5.36. The first kappa shape index (κ1) is 16.7. The smallest absolute Gasteiger partial charge is 0.223 e. The lowest BCUT2D eigenvalue weighted by atomic mass is 9.97. The monoisotopic (exact) mass is 311 g/mol. The number of rotatable bonds is 4. The van der Waals surface area contributed by atoms with Crippen molar-refractivity contribution in [3.05, 3.63) is 29.8 Å². The Bertz CT molecular complexity index is 505. The predicted octanol–water partition coefficient (Wildman–Crippen LogP) is -0.682. The third kappa shape index (κ3) is 3.75. The van der Waals surface area contributed by atoms with Crippen molar-refractivity contribution in [2.75, 3.05) is 6.61 Å². The molecule has 0 aromatic heterocycles. The first-order chi connectivity index (χ1) is 10.4. The quantitative estimate of drug-likeness (QED) is 0.587. The molecule has 22 heavy (non-hydrogen) atoms. The summed E-state index contributed by atoms with van der Waals surface area (Å²) in [6, 6.07) is 6.21. The number of carbonyl (C=O) groups excluding carboxylic acids is 1. The Kier molecular flexibility index (Phi) is 5.36. The van der Waals surface area contributed by atoms with Crippen LogP contribution in [0.25, 0.3) is 0 Å². The number of hydrogen-bond acceptors (Lipinski definition) is 6. The van der Waals surface area contributed by atoms with Crippen molar-refractivity contribution >= 4 is 5.91 Å². The van der Waals surface area contributed by atoms with Crippen LogP contribution in [0.5, 0.6) is 5.75 Å². The van der Waals surface area contributed by atoms with Crippen molar-refractivity contribution in [2.24, 2.45) is 0 Å². The highest BCUT2D eigenvalue weighted by Gasteiger charge is 2.46. The molecule has 0 unspecified atom stereocenters. The minimum absolute atomic E-state index is 0.389. The minimum atomic E-state index is -1.32. The van der Waals surface area contributed by atoms with Crippen LogP contribution in [0.15, 0.2) is 24.3 Å². The molecule has 0 saturated carbocycles. The minimum Gasteiger partial charge on any atom is -0.463 e. The number of amides is 1. The zero-order chi connectivity index (χ0) is 16.3. The third-order valence-electron chi connectivity index (χ3n) is 3.52. The zero-order valence-corrected chi connectivity index (χ0v) is 12.5. The molecule has 5 atom stereocenters. The number of ether oxygens (including phenoxy) is 2. The average Bonchev–Trinajstić information content (AvgIpc) is 2.48. The van der Waals surface area contributed by atoms with Crippen LogP contribution in [0, 0.1) is 6.92 Å². The van der Waals surface area contributed by atoms with E-state index in [2.05, 4.69) is 5.32 Å². The van der Waals surface area contributed by atoms with Gasteiger partial charge >= 0.3 is 0 Å². The van der Waals surface area contributed by atoms with Gasteiger partial charge in [0.2, 0.25) is 12.2 Å². The fourth-order valence-corrected chi connectivity index (χ4v) is 2.32. The van der Waals surface area contributed by atoms with Gasteiger partial charge in [0.15, 0.2) is 0 Å². The molecule has 1 aromatic rings. The lowest BCUT2D eigenvalue weighted by Gasteiger charge is -2.42. The molecule has 122 valence electrons. The van der Waals surface area contributed by atoms with Gasteiger partial charge in [0, 0.05) is 6.92 Å². The van der Waals surface area contributed by atoms with Crippen LogP contribution in [-0.2, 0) is 9.53 Å². The second kappa shape index (κ2) is 7.06. The molecule has 1 heterocycles. The van der Waals surface area contributed by atoms with Crippen molar-refractivity contribution in [3.8, 4) is 5.75 Å². The molecule has 1 aliphatic rings. The SMILES string of the molecule is CC(=O)N[C@@H]1[C@H](Oc2ccc(C)cc2)O[C@H](CO)[C@@H](O)[C@@H]1O. The van der Waals surface area contributed by atoms with Crippen molar-refractivity contribution in [3.63, 3.8) is 0 Å². The molecule has 0 bridgehead atoms. The number of aryl methyl sites for hydroxylation is 1. The molecule has 0 spiro atoms. The van der Waals surface area contributed by atoms with Gasteiger partial charge in [-0.2, -0.15) is 0 Å². The van der Waals surface area contributed by atoms with Crippen molar-refractivity contribution in [1.82, 2.24) is 5.32 Å². The number of aliphatic hydroxyl groups is 3. The molecule has 1 fully saturated rings. The third-order valence-corrected chi connectivity index (χ3v) is 3.52. The fraction of sp³-hybridized carbons (Fsp3) is 0.533. The summed E-state index contributed by atoms with van der Waals surface area (Å²) in [4.78, 5) is 11.3. The highest BCUT2D eigenvalue weighted by atomic mass is 16.7. The van der Waals surface area contributed by atoms with Gasteiger partial charge in [-0.05, 0) is 19.1 Å². The van der Waals surface area contributed by atoms with Gasteiger partial charge in [-0.15, -0.1) is 0 Å². The summed E-state index contributed by atoms with van der Waals surface area (Å²) >= 11 is 0. The second-order valence-corrected chi connectivity index (χ2v) is 5.36. The summed E-state index contributed by atoms with van der Waals surface area (Å²) in [5, 5.41) is 31.8. The number of aliphatic hydroxyl groups excluding tert-OH is 3. The van der Waals surface area contributed by atoms with E-state index in [1.807, 2.05) is 19.1 Å². The van der Waals surface area contributed by atoms with Gasteiger partial charge in [-0.1, -0.05) is 17.7 Å². The van der Waals surface area contributed by atoms with Gasteiger partial charge in [-0.3, -0.25) is 4.79 Å². The summed E-state index contributed by atoms with van der Waals surface area (Å²) in [7, 11) is 0. The summed E-state index contributed by atoms with van der Waals surface area (Å²) in [5.41, 5.74) is 1.05. The van der Waals surface area contributed by atoms with Crippen LogP contribution >= 0.6 is 0 Å². The molecule has 2 rings (SSSR count). The highest BCUT2D eigenvalue weighted by molar-refractivity contribution is 5.73. The molecule has 7 heteroatoms. The summed E-state index contributed by atoms with van der Waals surface area (Å²) < 4.78 is 11.1. The maximum Gasteiger partial charge on any atom is 0.223 e. The van der Waals surface area contributed by atoms with E-state index >= 15 is 0 Å². The van der Waals surface area contributed by atoms with Gasteiger partial charge in [0.1, 0.15) is 30.1 Å². The molecule has 1 aliphatic heterocycles. The first-order valence-electron chi connectivity index (χ1n) is 7.05. The molecule has 0 radical (unpaired) electrons. The highest BCUT2D eigenvalue weighted by Crippen LogP contribution is 2.24. The Morgan fingerprint density at radius 1 is 1.27 bits per heavy atom. The van der Waals surface area contributed by atoms with E-state index in [1.165, 1.54) is 6.92 Å². The number of benzene rings is 1. The Morgan fingerprint density at radius 3 is 2.45 bits per heavy atom. The number of carbonyl (C=O) groups is 1. The maximum absolute atomic E-state index is 11.3. The van der Waals surface area contributed by atoms with Crippen LogP contribution in [0.2, 0.25) is 0 Å². The number of hydrogen-bond donors (Lipinski definition) is 4. The van der Waals surface area contributed by atoms with Gasteiger partial charge < -0.3 is 30.1 Å². The Balaban J connectivity index is 2.18. The summed E-state index contributed by atoms with van der Waals surface area (Å²) in [6.07, 6.45) is -4.65.